The minimum atomic E-state index is -1.02. The van der Waals surface area contributed by atoms with E-state index < -0.39 is 41.4 Å². The summed E-state index contributed by atoms with van der Waals surface area (Å²) in [5.74, 6) is -3.32. The molecule has 0 saturated carbocycles. The zero-order valence-corrected chi connectivity index (χ0v) is 39.9. The van der Waals surface area contributed by atoms with E-state index in [9.17, 15) is 38.4 Å². The molecule has 1 atom stereocenters. The van der Waals surface area contributed by atoms with Crippen LogP contribution in [-0.2, 0) is 28.6 Å². The first-order chi connectivity index (χ1) is 35.5. The van der Waals surface area contributed by atoms with E-state index in [2.05, 4.69) is 47.2 Å². The summed E-state index contributed by atoms with van der Waals surface area (Å²) in [6.07, 6.45) is 4.68. The molecule has 3 aromatic carbocycles. The molecular weight excluding hydrogens is 946 g/mol. The number of methoxy groups -OCH3 is 1. The molecular formula is C51H52FN11O10. The van der Waals surface area contributed by atoms with Gasteiger partial charge in [-0.2, -0.15) is 5.26 Å². The Morgan fingerprint density at radius 2 is 1.60 bits per heavy atom. The number of benzene rings is 3. The number of nitrogens with zero attached hydrogens (tertiary/aromatic N) is 7. The van der Waals surface area contributed by atoms with Crippen molar-refractivity contribution in [3.8, 4) is 34.3 Å². The third kappa shape index (κ3) is 12.5. The molecule has 1 unspecified atom stereocenters. The topological polar surface area (TPSA) is 260 Å². The van der Waals surface area contributed by atoms with Crippen LogP contribution in [0.4, 0.5) is 21.5 Å². The summed E-state index contributed by atoms with van der Waals surface area (Å²) < 4.78 is 37.1. The Morgan fingerprint density at radius 3 is 2.36 bits per heavy atom. The number of halogens is 1. The molecule has 22 heteroatoms. The van der Waals surface area contributed by atoms with E-state index >= 15 is 0 Å². The fraction of sp³-hybridized carbons (Fsp3) is 0.333. The number of rotatable bonds is 22. The molecule has 73 heavy (non-hydrogen) atoms. The molecule has 4 N–H and O–H groups in total. The molecule has 21 nitrogen and oxygen atoms in total. The molecule has 6 amide bonds. The number of pyridine rings is 1. The molecule has 8 rings (SSSR count). The van der Waals surface area contributed by atoms with Gasteiger partial charge in [0, 0.05) is 75.5 Å². The lowest BCUT2D eigenvalue weighted by atomic mass is 10.0. The highest BCUT2D eigenvalue weighted by Crippen LogP contribution is 2.35. The van der Waals surface area contributed by atoms with Crippen molar-refractivity contribution in [1.82, 2.24) is 35.4 Å². The van der Waals surface area contributed by atoms with E-state index in [4.69, 9.17) is 18.9 Å². The second-order valence-corrected chi connectivity index (χ2v) is 16.9. The van der Waals surface area contributed by atoms with E-state index in [1.165, 1.54) is 37.6 Å². The summed E-state index contributed by atoms with van der Waals surface area (Å²) in [5.41, 5.74) is 3.99. The molecule has 5 aromatic rings. The van der Waals surface area contributed by atoms with Crippen molar-refractivity contribution in [3.05, 3.63) is 114 Å². The number of hydrogen-bond donors (Lipinski definition) is 4. The van der Waals surface area contributed by atoms with E-state index in [1.54, 1.807) is 48.8 Å². The van der Waals surface area contributed by atoms with E-state index in [1.807, 2.05) is 11.0 Å². The van der Waals surface area contributed by atoms with Crippen molar-refractivity contribution in [2.45, 2.75) is 18.9 Å². The van der Waals surface area contributed by atoms with Gasteiger partial charge in [0.2, 0.25) is 17.7 Å². The number of amides is 6. The Labute approximate surface area is 419 Å². The van der Waals surface area contributed by atoms with Gasteiger partial charge in [0.15, 0.2) is 5.82 Å². The third-order valence-electron chi connectivity index (χ3n) is 12.2. The second-order valence-electron chi connectivity index (χ2n) is 16.9. The number of hydrogen-bond acceptors (Lipinski definition) is 17. The maximum Gasteiger partial charge on any atom is 0.274 e. The number of aromatic nitrogens is 3. The largest absolute Gasteiger partial charge is 0.496 e. The fourth-order valence-electron chi connectivity index (χ4n) is 8.53. The van der Waals surface area contributed by atoms with E-state index in [0.717, 1.165) is 10.5 Å². The number of piperazine rings is 1. The SMILES string of the molecule is COc1cccc(F)c1-c1nccc(C(=O)Nc2ccc(-c3cnccc3C#N)cc2N2CCN(CC(=O)NCCOCCOCCOCCNc3ccc4c(c3)C(=O)N(C3CCC(=O)NC3=O)C4=O)CC2)n1. The average molecular weight is 998 g/mol. The van der Waals surface area contributed by atoms with Gasteiger partial charge >= 0.3 is 0 Å². The van der Waals surface area contributed by atoms with Crippen LogP contribution >= 0.6 is 0 Å². The summed E-state index contributed by atoms with van der Waals surface area (Å²) in [7, 11) is 1.41. The van der Waals surface area contributed by atoms with E-state index in [0.29, 0.717) is 107 Å². The predicted molar refractivity (Wildman–Crippen MR) is 262 cm³/mol. The van der Waals surface area contributed by atoms with Crippen LogP contribution in [0.25, 0.3) is 22.5 Å². The fourth-order valence-corrected chi connectivity index (χ4v) is 8.53. The first kappa shape index (κ1) is 51.1. The standard InChI is InChI=1S/C51H52FN11O10/c1-70-43-4-2-3-38(52)46(43)47-57-14-12-40(58-47)48(66)59-39-8-5-32(37-30-54-13-11-33(37)29-53)27-42(39)62-19-17-61(18-20-62)31-45(65)56-16-22-72-24-26-73-25-23-71-21-15-55-34-6-7-35-36(28-34)51(69)63(50(35)68)41-9-10-44(64)60-49(41)67/h2-8,11-14,27-28,30,41,55H,9-10,15-26,31H2,1H3,(H,56,65)(H,59,66)(H,60,64,67). The Kier molecular flexibility index (Phi) is 17.0. The number of carbonyl (C=O) groups excluding carboxylic acids is 6. The summed E-state index contributed by atoms with van der Waals surface area (Å²) in [6, 6.07) is 18.8. The number of imide groups is 2. The molecule has 0 spiro atoms. The average Bonchev–Trinajstić information content (AvgIpc) is 3.65. The highest BCUT2D eigenvalue weighted by atomic mass is 19.1. The number of fused-ring (bicyclic) bond motifs is 1. The first-order valence-corrected chi connectivity index (χ1v) is 23.6. The zero-order valence-electron chi connectivity index (χ0n) is 39.9. The molecule has 0 aliphatic carbocycles. The number of anilines is 3. The van der Waals surface area contributed by atoms with Gasteiger partial charge < -0.3 is 39.8 Å². The van der Waals surface area contributed by atoms with Crippen molar-refractivity contribution in [2.24, 2.45) is 0 Å². The van der Waals surface area contributed by atoms with Crippen LogP contribution in [0.1, 0.15) is 49.6 Å². The minimum absolute atomic E-state index is 0.00457. The van der Waals surface area contributed by atoms with Crippen molar-refractivity contribution in [3.63, 3.8) is 0 Å². The van der Waals surface area contributed by atoms with Crippen LogP contribution in [-0.4, -0.2) is 159 Å². The Bertz CT molecular complexity index is 2930. The smallest absolute Gasteiger partial charge is 0.274 e. The van der Waals surface area contributed by atoms with Crippen molar-refractivity contribution in [2.75, 3.05) is 108 Å². The molecule has 2 aromatic heterocycles. The molecule has 3 aliphatic heterocycles. The van der Waals surface area contributed by atoms with Crippen LogP contribution in [0.3, 0.4) is 0 Å². The molecule has 0 radical (unpaired) electrons. The Hall–Kier alpha value is -8.23. The third-order valence-corrected chi connectivity index (χ3v) is 12.2. The van der Waals surface area contributed by atoms with Crippen molar-refractivity contribution >= 4 is 52.5 Å². The summed E-state index contributed by atoms with van der Waals surface area (Å²) in [6.45, 7) is 5.03. The van der Waals surface area contributed by atoms with E-state index in [-0.39, 0.29) is 59.3 Å². The summed E-state index contributed by atoms with van der Waals surface area (Å²) in [5, 5.41) is 21.0. The van der Waals surface area contributed by atoms with Gasteiger partial charge in [-0.15, -0.1) is 0 Å². The number of ether oxygens (including phenoxy) is 4. The summed E-state index contributed by atoms with van der Waals surface area (Å²) >= 11 is 0. The summed E-state index contributed by atoms with van der Waals surface area (Å²) in [4.78, 5) is 94.3. The normalized spacial score (nSPS) is 15.7. The number of piperidine rings is 1. The monoisotopic (exact) mass is 997 g/mol. The highest BCUT2D eigenvalue weighted by molar-refractivity contribution is 6.23. The lowest BCUT2D eigenvalue weighted by molar-refractivity contribution is -0.136. The minimum Gasteiger partial charge on any atom is -0.496 e. The maximum absolute atomic E-state index is 14.9. The number of nitrogens with one attached hydrogen (secondary N) is 4. The predicted octanol–water partition coefficient (Wildman–Crippen LogP) is 3.28. The molecule has 5 heterocycles. The van der Waals surface area contributed by atoms with Gasteiger partial charge in [-0.05, 0) is 66.6 Å². The quantitative estimate of drug-likeness (QED) is 0.0573. The van der Waals surface area contributed by atoms with Gasteiger partial charge in [-0.3, -0.25) is 48.9 Å². The maximum atomic E-state index is 14.9. The zero-order chi connectivity index (χ0) is 51.3. The number of nitriles is 1. The number of carbonyl (C=O) groups is 6. The molecule has 3 aliphatic rings. The first-order valence-electron chi connectivity index (χ1n) is 23.6. The van der Waals surface area contributed by atoms with Gasteiger partial charge in [-0.1, -0.05) is 12.1 Å². The molecule has 2 fully saturated rings. The molecule has 0 bridgehead atoms. The Morgan fingerprint density at radius 1 is 0.849 bits per heavy atom. The van der Waals surface area contributed by atoms with Crippen molar-refractivity contribution < 1.29 is 52.1 Å². The lowest BCUT2D eigenvalue weighted by Gasteiger charge is -2.36. The molecule has 2 saturated heterocycles. The van der Waals surface area contributed by atoms with Crippen molar-refractivity contribution in [1.29, 1.82) is 5.26 Å². The van der Waals surface area contributed by atoms with Crippen LogP contribution in [0.2, 0.25) is 0 Å². The highest BCUT2D eigenvalue weighted by Gasteiger charge is 2.44. The van der Waals surface area contributed by atoms with Gasteiger partial charge in [-0.25, -0.2) is 14.4 Å². The van der Waals surface area contributed by atoms with Gasteiger partial charge in [0.05, 0.1) is 93.0 Å². The van der Waals surface area contributed by atoms with Crippen LogP contribution in [0, 0.1) is 17.1 Å². The van der Waals surface area contributed by atoms with Crippen LogP contribution in [0.5, 0.6) is 5.75 Å². The second kappa shape index (κ2) is 24.3. The lowest BCUT2D eigenvalue weighted by Crippen LogP contribution is -2.54. The van der Waals surface area contributed by atoms with Crippen LogP contribution in [0.15, 0.2) is 85.3 Å². The van der Waals surface area contributed by atoms with Gasteiger partial charge in [0.25, 0.3) is 17.7 Å². The Balaban J connectivity index is 0.725. The van der Waals surface area contributed by atoms with Crippen LogP contribution < -0.4 is 30.9 Å². The molecule has 378 valence electrons. The van der Waals surface area contributed by atoms with Gasteiger partial charge in [0.1, 0.15) is 23.3 Å².